The molecule has 60 valence electrons. The second-order valence-corrected chi connectivity index (χ2v) is 7.06. The summed E-state index contributed by atoms with van der Waals surface area (Å²) in [6.45, 7) is 9.48. The zero-order chi connectivity index (χ0) is 5.91. The van der Waals surface area contributed by atoms with E-state index < -0.39 is 8.32 Å². The van der Waals surface area contributed by atoms with Gasteiger partial charge >= 0.3 is 0 Å². The smallest absolute Gasteiger partial charge is 0.183 e. The molecule has 0 saturated carbocycles. The molecule has 0 aliphatic heterocycles. The highest BCUT2D eigenvalue weighted by Crippen LogP contribution is 2.00. The Morgan fingerprint density at radius 3 is 1.44 bits per heavy atom. The van der Waals surface area contributed by atoms with E-state index in [1.807, 2.05) is 6.92 Å². The molecule has 9 heavy (non-hydrogen) atoms. The van der Waals surface area contributed by atoms with Crippen LogP contribution in [0.15, 0.2) is 0 Å². The molecule has 0 unspecified atom stereocenters. The van der Waals surface area contributed by atoms with Crippen molar-refractivity contribution in [1.82, 2.24) is 0 Å². The van der Waals surface area contributed by atoms with Crippen LogP contribution in [0.2, 0.25) is 19.6 Å². The fourth-order valence-electron chi connectivity index (χ4n) is 0.433. The van der Waals surface area contributed by atoms with Crippen LogP contribution in [0.5, 0.6) is 0 Å². The first-order chi connectivity index (χ1) is 3.06. The molecule has 0 aromatic heterocycles. The Hall–Kier alpha value is 0.177. The SMILES string of the molecule is C.C.CCO[Si](C)(C)C. The third-order valence-electron chi connectivity index (χ3n) is 0.577. The van der Waals surface area contributed by atoms with Crippen LogP contribution in [-0.2, 0) is 4.43 Å². The quantitative estimate of drug-likeness (QED) is 0.550. The zero-order valence-corrected chi connectivity index (χ0v) is 6.62. The average molecular weight is 150 g/mol. The summed E-state index contributed by atoms with van der Waals surface area (Å²) in [5.74, 6) is 0. The summed E-state index contributed by atoms with van der Waals surface area (Å²) in [5, 5.41) is 0. The first-order valence-electron chi connectivity index (χ1n) is 2.70. The second-order valence-electron chi connectivity index (χ2n) is 2.55. The Labute approximate surface area is 61.6 Å². The summed E-state index contributed by atoms with van der Waals surface area (Å²) in [4.78, 5) is 0. The van der Waals surface area contributed by atoms with E-state index in [-0.39, 0.29) is 14.9 Å². The van der Waals surface area contributed by atoms with Gasteiger partial charge in [-0.3, -0.25) is 0 Å². The maximum absolute atomic E-state index is 5.37. The van der Waals surface area contributed by atoms with Crippen molar-refractivity contribution in [2.75, 3.05) is 6.61 Å². The molecule has 0 aliphatic carbocycles. The third-order valence-corrected chi connectivity index (χ3v) is 1.73. The van der Waals surface area contributed by atoms with Crippen molar-refractivity contribution in [2.45, 2.75) is 41.4 Å². The second kappa shape index (κ2) is 6.30. The Kier molecular flexibility index (Phi) is 11.3. The molecule has 0 rings (SSSR count). The fraction of sp³-hybridized carbons (Fsp3) is 1.00. The van der Waals surface area contributed by atoms with E-state index in [1.165, 1.54) is 0 Å². The van der Waals surface area contributed by atoms with Gasteiger partial charge in [0, 0.05) is 6.61 Å². The summed E-state index contributed by atoms with van der Waals surface area (Å²) >= 11 is 0. The maximum Gasteiger partial charge on any atom is 0.183 e. The van der Waals surface area contributed by atoms with Crippen LogP contribution in [0.4, 0.5) is 0 Å². The molecule has 0 spiro atoms. The molecule has 0 fully saturated rings. The summed E-state index contributed by atoms with van der Waals surface area (Å²) < 4.78 is 5.37. The molecule has 0 bridgehead atoms. The molecule has 2 heteroatoms. The van der Waals surface area contributed by atoms with E-state index in [0.717, 1.165) is 6.61 Å². The van der Waals surface area contributed by atoms with Gasteiger partial charge in [0.2, 0.25) is 0 Å². The van der Waals surface area contributed by atoms with E-state index in [9.17, 15) is 0 Å². The van der Waals surface area contributed by atoms with Gasteiger partial charge in [-0.15, -0.1) is 0 Å². The van der Waals surface area contributed by atoms with Crippen molar-refractivity contribution in [3.8, 4) is 0 Å². The average Bonchev–Trinajstić information content (AvgIpc) is 1.30. The summed E-state index contributed by atoms with van der Waals surface area (Å²) in [5.41, 5.74) is 0. The highest BCUT2D eigenvalue weighted by Gasteiger charge is 2.11. The Balaban J connectivity index is -0.000000180. The molecular weight excluding hydrogens is 128 g/mol. The highest BCUT2D eigenvalue weighted by atomic mass is 28.4. The predicted octanol–water partition coefficient (Wildman–Crippen LogP) is 3.13. The van der Waals surface area contributed by atoms with Crippen LogP contribution < -0.4 is 0 Å². The van der Waals surface area contributed by atoms with Crippen molar-refractivity contribution >= 4 is 8.32 Å². The van der Waals surface area contributed by atoms with Crippen LogP contribution in [0.1, 0.15) is 21.8 Å². The minimum Gasteiger partial charge on any atom is -0.418 e. The van der Waals surface area contributed by atoms with Gasteiger partial charge in [-0.25, -0.2) is 0 Å². The Morgan fingerprint density at radius 1 is 1.11 bits per heavy atom. The van der Waals surface area contributed by atoms with Gasteiger partial charge in [0.1, 0.15) is 0 Å². The Bertz CT molecular complexity index is 47.4. The van der Waals surface area contributed by atoms with Gasteiger partial charge in [0.25, 0.3) is 0 Å². The van der Waals surface area contributed by atoms with Crippen molar-refractivity contribution in [3.63, 3.8) is 0 Å². The van der Waals surface area contributed by atoms with E-state index in [1.54, 1.807) is 0 Å². The van der Waals surface area contributed by atoms with Crippen molar-refractivity contribution in [2.24, 2.45) is 0 Å². The summed E-state index contributed by atoms with van der Waals surface area (Å²) in [6, 6.07) is 0. The minimum absolute atomic E-state index is 0. The van der Waals surface area contributed by atoms with Crippen molar-refractivity contribution in [3.05, 3.63) is 0 Å². The van der Waals surface area contributed by atoms with Gasteiger partial charge in [-0.05, 0) is 26.6 Å². The topological polar surface area (TPSA) is 9.23 Å². The lowest BCUT2D eigenvalue weighted by Crippen LogP contribution is -2.24. The largest absolute Gasteiger partial charge is 0.418 e. The molecule has 0 aromatic carbocycles. The van der Waals surface area contributed by atoms with Crippen LogP contribution in [0.25, 0.3) is 0 Å². The van der Waals surface area contributed by atoms with Gasteiger partial charge in [0.05, 0.1) is 0 Å². The summed E-state index contributed by atoms with van der Waals surface area (Å²) in [6.07, 6.45) is 0. The molecule has 0 saturated heterocycles. The summed E-state index contributed by atoms with van der Waals surface area (Å²) in [7, 11) is -1.16. The molecule has 0 aromatic rings. The first-order valence-corrected chi connectivity index (χ1v) is 6.11. The van der Waals surface area contributed by atoms with Crippen LogP contribution in [0, 0.1) is 0 Å². The third kappa shape index (κ3) is 17.9. The van der Waals surface area contributed by atoms with Crippen LogP contribution >= 0.6 is 0 Å². The fourth-order valence-corrected chi connectivity index (χ4v) is 1.30. The van der Waals surface area contributed by atoms with Crippen molar-refractivity contribution < 1.29 is 4.43 Å². The monoisotopic (exact) mass is 150 g/mol. The Morgan fingerprint density at radius 2 is 1.44 bits per heavy atom. The maximum atomic E-state index is 5.37. The van der Waals surface area contributed by atoms with E-state index in [2.05, 4.69) is 19.6 Å². The molecule has 0 heterocycles. The van der Waals surface area contributed by atoms with Crippen LogP contribution in [0.3, 0.4) is 0 Å². The molecule has 0 atom stereocenters. The van der Waals surface area contributed by atoms with E-state index >= 15 is 0 Å². The van der Waals surface area contributed by atoms with Gasteiger partial charge in [0.15, 0.2) is 8.32 Å². The van der Waals surface area contributed by atoms with Gasteiger partial charge in [-0.2, -0.15) is 0 Å². The first kappa shape index (κ1) is 16.1. The lowest BCUT2D eigenvalue weighted by Gasteiger charge is -2.14. The minimum atomic E-state index is -1.16. The number of hydrogen-bond acceptors (Lipinski definition) is 1. The lowest BCUT2D eigenvalue weighted by molar-refractivity contribution is 0.334. The molecule has 0 aliphatic rings. The van der Waals surface area contributed by atoms with Gasteiger partial charge in [-0.1, -0.05) is 14.9 Å². The van der Waals surface area contributed by atoms with Crippen LogP contribution in [-0.4, -0.2) is 14.9 Å². The molecule has 0 N–H and O–H groups in total. The molecule has 0 amide bonds. The lowest BCUT2D eigenvalue weighted by atomic mass is 10.9. The highest BCUT2D eigenvalue weighted by molar-refractivity contribution is 6.69. The number of rotatable bonds is 2. The van der Waals surface area contributed by atoms with E-state index in [4.69, 9.17) is 4.43 Å². The molecule has 1 nitrogen and oxygen atoms in total. The predicted molar refractivity (Wildman–Crippen MR) is 48.4 cm³/mol. The van der Waals surface area contributed by atoms with Gasteiger partial charge < -0.3 is 4.43 Å². The zero-order valence-electron chi connectivity index (χ0n) is 5.62. The number of hydrogen-bond donors (Lipinski definition) is 0. The van der Waals surface area contributed by atoms with Crippen molar-refractivity contribution in [1.29, 1.82) is 0 Å². The molecular formula is C7H22OSi. The standard InChI is InChI=1S/C5H14OSi.2CH4/c1-5-6-7(2,3)4;;/h5H2,1-4H3;2*1H4. The van der Waals surface area contributed by atoms with E-state index in [0.29, 0.717) is 0 Å². The normalized spacial score (nSPS) is 9.33. The molecule has 0 radical (unpaired) electrons.